The van der Waals surface area contributed by atoms with Crippen molar-refractivity contribution < 1.29 is 19.2 Å². The number of nitrogens with zero attached hydrogens (tertiary/aromatic N) is 4. The molecule has 1 saturated heterocycles. The number of piperidine rings is 1. The van der Waals surface area contributed by atoms with Gasteiger partial charge in [-0.05, 0) is 64.7 Å². The standard InChI is InChI=1S/C23H20BrFN6O3/c24-19-10-18(3-4-20(19)25)29-22(30-34)21(32)15-5-7-31(8-6-15)23(33)28-13-14-1-2-16(11-26)17(9-14)12-27/h1-4,9-10,15,34H,5-8,13H2,(H,28,33)(H,29,30). The van der Waals surface area contributed by atoms with Gasteiger partial charge >= 0.3 is 6.03 Å². The van der Waals surface area contributed by atoms with Crippen LogP contribution in [0.25, 0.3) is 0 Å². The van der Waals surface area contributed by atoms with E-state index in [4.69, 9.17) is 10.5 Å². The number of nitriles is 2. The minimum Gasteiger partial charge on any atom is -0.334 e. The highest BCUT2D eigenvalue weighted by atomic mass is 79.9. The van der Waals surface area contributed by atoms with Gasteiger partial charge in [0, 0.05) is 25.6 Å². The van der Waals surface area contributed by atoms with Crippen molar-refractivity contribution >= 4 is 39.3 Å². The van der Waals surface area contributed by atoms with Gasteiger partial charge in [-0.25, -0.2) is 19.7 Å². The third-order valence-corrected chi connectivity index (χ3v) is 6.01. The molecular weight excluding hydrogens is 507 g/mol. The summed E-state index contributed by atoms with van der Waals surface area (Å²) < 4.78 is 13.6. The van der Waals surface area contributed by atoms with Crippen LogP contribution in [0, 0.1) is 34.4 Å². The van der Waals surface area contributed by atoms with Gasteiger partial charge in [0.05, 0.1) is 21.3 Å². The zero-order chi connectivity index (χ0) is 24.7. The van der Waals surface area contributed by atoms with E-state index in [9.17, 15) is 19.2 Å². The van der Waals surface area contributed by atoms with Gasteiger partial charge in [0.2, 0.25) is 5.78 Å². The van der Waals surface area contributed by atoms with Crippen molar-refractivity contribution in [2.45, 2.75) is 19.4 Å². The summed E-state index contributed by atoms with van der Waals surface area (Å²) in [5, 5.41) is 30.3. The third kappa shape index (κ3) is 5.95. The van der Waals surface area contributed by atoms with E-state index in [1.54, 1.807) is 17.0 Å². The molecule has 0 atom stereocenters. The van der Waals surface area contributed by atoms with Crippen LogP contribution in [0.5, 0.6) is 0 Å². The molecule has 0 spiro atoms. The number of Topliss-reactive ketones (excluding diaryl/α,β-unsaturated/α-hetero) is 1. The van der Waals surface area contributed by atoms with Crippen molar-refractivity contribution in [3.63, 3.8) is 0 Å². The van der Waals surface area contributed by atoms with Crippen LogP contribution in [-0.4, -0.2) is 40.8 Å². The second-order valence-corrected chi connectivity index (χ2v) is 8.41. The van der Waals surface area contributed by atoms with Gasteiger partial charge in [-0.1, -0.05) is 6.07 Å². The molecule has 34 heavy (non-hydrogen) atoms. The van der Waals surface area contributed by atoms with Crippen LogP contribution in [-0.2, 0) is 11.3 Å². The molecule has 0 aromatic heterocycles. The fourth-order valence-electron chi connectivity index (χ4n) is 3.54. The fraction of sp³-hybridized carbons (Fsp3) is 0.261. The molecule has 2 amide bonds. The lowest BCUT2D eigenvalue weighted by molar-refractivity contribution is -0.118. The second kappa shape index (κ2) is 11.4. The van der Waals surface area contributed by atoms with Gasteiger partial charge in [-0.2, -0.15) is 10.5 Å². The molecule has 3 rings (SSSR count). The van der Waals surface area contributed by atoms with Gasteiger partial charge in [0.25, 0.3) is 0 Å². The zero-order valence-corrected chi connectivity index (χ0v) is 19.5. The fourth-order valence-corrected chi connectivity index (χ4v) is 3.90. The Morgan fingerprint density at radius 1 is 1.15 bits per heavy atom. The number of carbonyl (C=O) groups is 2. The number of likely N-dealkylation sites (tertiary alicyclic amines) is 1. The molecule has 3 N–H and O–H groups in total. The van der Waals surface area contributed by atoms with Crippen molar-refractivity contribution in [1.82, 2.24) is 15.7 Å². The Hall–Kier alpha value is -3.80. The molecule has 2 aromatic rings. The first kappa shape index (κ1) is 24.8. The average Bonchev–Trinajstić information content (AvgIpc) is 2.87. The number of halogens is 2. The Morgan fingerprint density at radius 2 is 1.85 bits per heavy atom. The van der Waals surface area contributed by atoms with Crippen LogP contribution in [0.15, 0.2) is 45.9 Å². The normalized spacial score (nSPS) is 14.1. The summed E-state index contributed by atoms with van der Waals surface area (Å²) in [7, 11) is 0. The quantitative estimate of drug-likeness (QED) is 0.309. The largest absolute Gasteiger partial charge is 0.334 e. The van der Waals surface area contributed by atoms with E-state index in [1.807, 2.05) is 17.6 Å². The highest BCUT2D eigenvalue weighted by Gasteiger charge is 2.30. The van der Waals surface area contributed by atoms with Crippen LogP contribution in [0.4, 0.5) is 14.9 Å². The number of hydrogen-bond acceptors (Lipinski definition) is 6. The van der Waals surface area contributed by atoms with Crippen molar-refractivity contribution in [2.24, 2.45) is 10.9 Å². The Labute approximate surface area is 203 Å². The maximum atomic E-state index is 13.4. The van der Waals surface area contributed by atoms with E-state index in [0.29, 0.717) is 31.5 Å². The first-order valence-electron chi connectivity index (χ1n) is 10.3. The van der Waals surface area contributed by atoms with Crippen LogP contribution in [0.1, 0.15) is 29.5 Å². The maximum Gasteiger partial charge on any atom is 0.317 e. The Kier molecular flexibility index (Phi) is 8.30. The molecule has 2 aromatic carbocycles. The number of amides is 2. The Morgan fingerprint density at radius 3 is 2.47 bits per heavy atom. The lowest BCUT2D eigenvalue weighted by Crippen LogP contribution is -2.46. The summed E-state index contributed by atoms with van der Waals surface area (Å²) in [5.74, 6) is -1.57. The highest BCUT2D eigenvalue weighted by molar-refractivity contribution is 9.10. The maximum absolute atomic E-state index is 13.4. The predicted molar refractivity (Wildman–Crippen MR) is 124 cm³/mol. The zero-order valence-electron chi connectivity index (χ0n) is 17.9. The molecule has 9 nitrogen and oxygen atoms in total. The van der Waals surface area contributed by atoms with E-state index in [1.165, 1.54) is 24.3 Å². The topological polar surface area (TPSA) is 142 Å². The van der Waals surface area contributed by atoms with Gasteiger partial charge < -0.3 is 10.2 Å². The van der Waals surface area contributed by atoms with E-state index in [0.717, 1.165) is 0 Å². The van der Waals surface area contributed by atoms with Crippen LogP contribution in [0.2, 0.25) is 0 Å². The molecular formula is C23H20BrFN6O3. The second-order valence-electron chi connectivity index (χ2n) is 7.56. The molecule has 0 unspecified atom stereocenters. The average molecular weight is 527 g/mol. The number of amidine groups is 1. The first-order valence-corrected chi connectivity index (χ1v) is 11.1. The summed E-state index contributed by atoms with van der Waals surface area (Å²) in [4.78, 5) is 30.9. The Balaban J connectivity index is 1.55. The number of aliphatic imine (C=N–C) groups is 1. The number of carbonyl (C=O) groups excluding carboxylic acids is 2. The molecule has 0 radical (unpaired) electrons. The monoisotopic (exact) mass is 526 g/mol. The van der Waals surface area contributed by atoms with E-state index in [-0.39, 0.29) is 39.7 Å². The van der Waals surface area contributed by atoms with Crippen molar-refractivity contribution in [3.05, 3.63) is 63.4 Å². The predicted octanol–water partition coefficient (Wildman–Crippen LogP) is 3.53. The van der Waals surface area contributed by atoms with E-state index >= 15 is 0 Å². The van der Waals surface area contributed by atoms with E-state index < -0.39 is 17.5 Å². The van der Waals surface area contributed by atoms with Gasteiger partial charge in [0.1, 0.15) is 18.0 Å². The molecule has 1 aliphatic rings. The number of rotatable bonds is 5. The summed E-state index contributed by atoms with van der Waals surface area (Å²) in [5.41, 5.74) is 3.33. The summed E-state index contributed by atoms with van der Waals surface area (Å²) in [6.45, 7) is 0.857. The molecule has 0 bridgehead atoms. The van der Waals surface area contributed by atoms with Crippen LogP contribution < -0.4 is 10.8 Å². The van der Waals surface area contributed by atoms with Crippen molar-refractivity contribution in [1.29, 1.82) is 10.5 Å². The molecule has 11 heteroatoms. The van der Waals surface area contributed by atoms with Crippen molar-refractivity contribution in [2.75, 3.05) is 13.1 Å². The lowest BCUT2D eigenvalue weighted by atomic mass is 9.92. The Bertz CT molecular complexity index is 1210. The molecule has 1 fully saturated rings. The molecule has 1 aliphatic heterocycles. The molecule has 0 aliphatic carbocycles. The summed E-state index contributed by atoms with van der Waals surface area (Å²) >= 11 is 3.05. The number of hydroxylamine groups is 1. The number of urea groups is 1. The van der Waals surface area contributed by atoms with E-state index in [2.05, 4.69) is 26.2 Å². The van der Waals surface area contributed by atoms with Gasteiger partial charge in [-0.15, -0.1) is 0 Å². The minimum atomic E-state index is -0.473. The van der Waals surface area contributed by atoms with Crippen molar-refractivity contribution in [3.8, 4) is 12.1 Å². The molecule has 1 heterocycles. The highest BCUT2D eigenvalue weighted by Crippen LogP contribution is 2.24. The van der Waals surface area contributed by atoms with Crippen LogP contribution >= 0.6 is 15.9 Å². The van der Waals surface area contributed by atoms with Gasteiger partial charge in [0.15, 0.2) is 5.84 Å². The number of nitrogens with one attached hydrogen (secondary N) is 2. The van der Waals surface area contributed by atoms with Gasteiger partial charge in [-0.3, -0.25) is 10.0 Å². The SMILES string of the molecule is N#Cc1ccc(CNC(=O)N2CCC(C(=O)C(=Nc3ccc(F)c(Br)c3)NO)CC2)cc1C#N. The lowest BCUT2D eigenvalue weighted by Gasteiger charge is -2.31. The number of ketones is 1. The number of benzene rings is 2. The summed E-state index contributed by atoms with van der Waals surface area (Å²) in [6, 6.07) is 12.3. The first-order chi connectivity index (χ1) is 16.4. The van der Waals surface area contributed by atoms with Crippen LogP contribution in [0.3, 0.4) is 0 Å². The molecule has 0 saturated carbocycles. The number of hydrogen-bond donors (Lipinski definition) is 3. The molecule has 174 valence electrons. The smallest absolute Gasteiger partial charge is 0.317 e. The summed E-state index contributed by atoms with van der Waals surface area (Å²) in [6.07, 6.45) is 0.769. The minimum absolute atomic E-state index is 0.183. The third-order valence-electron chi connectivity index (χ3n) is 5.40.